The Morgan fingerprint density at radius 3 is 2.63 bits per heavy atom. The minimum Gasteiger partial charge on any atom is -0.469 e. The van der Waals surface area contributed by atoms with Crippen molar-refractivity contribution in [1.29, 1.82) is 0 Å². The third-order valence-electron chi connectivity index (χ3n) is 6.43. The predicted octanol–water partition coefficient (Wildman–Crippen LogP) is 3.31. The van der Waals surface area contributed by atoms with Crippen molar-refractivity contribution in [2.45, 2.75) is 95.1 Å². The highest BCUT2D eigenvalue weighted by atomic mass is 19.1. The van der Waals surface area contributed by atoms with E-state index in [1.807, 2.05) is 12.2 Å². The number of esters is 1. The Kier molecular flexibility index (Phi) is 10.8. The van der Waals surface area contributed by atoms with Crippen molar-refractivity contribution >= 4 is 5.97 Å². The summed E-state index contributed by atoms with van der Waals surface area (Å²) in [5.74, 6) is 4.81. The maximum absolute atomic E-state index is 14.4. The minimum absolute atomic E-state index is 0.234. The molecule has 2 aliphatic carbocycles. The normalized spacial score (nSPS) is 29.4. The number of alkyl halides is 1. The average molecular weight is 425 g/mol. The van der Waals surface area contributed by atoms with Gasteiger partial charge in [0.1, 0.15) is 12.3 Å². The number of methoxy groups -OCH3 is 1. The van der Waals surface area contributed by atoms with Crippen molar-refractivity contribution in [2.75, 3.05) is 7.11 Å². The van der Waals surface area contributed by atoms with Crippen LogP contribution in [0.15, 0.2) is 12.2 Å². The maximum Gasteiger partial charge on any atom is 0.305 e. The van der Waals surface area contributed by atoms with Gasteiger partial charge < -0.3 is 20.1 Å². The van der Waals surface area contributed by atoms with Crippen molar-refractivity contribution < 1.29 is 29.2 Å². The van der Waals surface area contributed by atoms with E-state index in [1.54, 1.807) is 0 Å². The van der Waals surface area contributed by atoms with E-state index in [1.165, 1.54) is 13.5 Å². The van der Waals surface area contributed by atoms with E-state index in [0.29, 0.717) is 31.6 Å². The number of rotatable bonds is 9. The number of ether oxygens (including phenoxy) is 1. The largest absolute Gasteiger partial charge is 0.469 e. The van der Waals surface area contributed by atoms with E-state index < -0.39 is 30.4 Å². The molecular weight excluding hydrogens is 387 g/mol. The standard InChI is InChI=1S/C24H37FO5/c1-30-24(29)12-8-3-2-7-11-18-19(23(28)16-22(18)27)13-14-21(26)20(25)15-17-9-5-4-6-10-17/h2,7,17-23,26-28H,3-6,8-12,15-16H2,1H3. The smallest absolute Gasteiger partial charge is 0.305 e. The summed E-state index contributed by atoms with van der Waals surface area (Å²) >= 11 is 0. The van der Waals surface area contributed by atoms with Crippen molar-refractivity contribution in [2.24, 2.45) is 17.8 Å². The Hall–Kier alpha value is -1.42. The number of hydrogen-bond donors (Lipinski definition) is 3. The van der Waals surface area contributed by atoms with Crippen LogP contribution >= 0.6 is 0 Å². The van der Waals surface area contributed by atoms with Gasteiger partial charge in [-0.1, -0.05) is 56.1 Å². The zero-order valence-electron chi connectivity index (χ0n) is 18.0. The van der Waals surface area contributed by atoms with Crippen LogP contribution in [0.3, 0.4) is 0 Å². The van der Waals surface area contributed by atoms with Crippen LogP contribution in [0.4, 0.5) is 4.39 Å². The zero-order chi connectivity index (χ0) is 21.9. The molecule has 170 valence electrons. The second-order valence-electron chi connectivity index (χ2n) is 8.72. The molecule has 0 aromatic heterocycles. The molecule has 5 nitrogen and oxygen atoms in total. The number of aliphatic hydroxyl groups excluding tert-OH is 3. The van der Waals surface area contributed by atoms with Crippen LogP contribution in [0, 0.1) is 29.6 Å². The summed E-state index contributed by atoms with van der Waals surface area (Å²) in [7, 11) is 1.37. The van der Waals surface area contributed by atoms with Crippen molar-refractivity contribution in [3.8, 4) is 11.8 Å². The van der Waals surface area contributed by atoms with Crippen LogP contribution < -0.4 is 0 Å². The first-order valence-electron chi connectivity index (χ1n) is 11.3. The number of hydrogen-bond acceptors (Lipinski definition) is 5. The number of aliphatic hydroxyl groups is 3. The topological polar surface area (TPSA) is 87.0 Å². The fourth-order valence-corrected chi connectivity index (χ4v) is 4.58. The number of halogens is 1. The van der Waals surface area contributed by atoms with Gasteiger partial charge in [-0.2, -0.15) is 0 Å². The Morgan fingerprint density at radius 2 is 1.93 bits per heavy atom. The minimum atomic E-state index is -1.38. The van der Waals surface area contributed by atoms with Gasteiger partial charge in [0.2, 0.25) is 0 Å². The molecule has 0 spiro atoms. The summed E-state index contributed by atoms with van der Waals surface area (Å²) in [6.45, 7) is 0. The summed E-state index contributed by atoms with van der Waals surface area (Å²) in [5, 5.41) is 30.7. The second-order valence-corrected chi connectivity index (χ2v) is 8.72. The molecule has 0 aromatic carbocycles. The fraction of sp³-hybridized carbons (Fsp3) is 0.792. The number of allylic oxidation sites excluding steroid dienone is 2. The lowest BCUT2D eigenvalue weighted by Crippen LogP contribution is -2.25. The van der Waals surface area contributed by atoms with Crippen LogP contribution in [0.2, 0.25) is 0 Å². The van der Waals surface area contributed by atoms with Gasteiger partial charge in [0, 0.05) is 18.8 Å². The Bertz CT molecular complexity index is 604. The van der Waals surface area contributed by atoms with E-state index in [4.69, 9.17) is 0 Å². The van der Waals surface area contributed by atoms with Gasteiger partial charge in [-0.3, -0.25) is 4.79 Å². The van der Waals surface area contributed by atoms with E-state index in [0.717, 1.165) is 32.1 Å². The van der Waals surface area contributed by atoms with E-state index in [9.17, 15) is 24.5 Å². The van der Waals surface area contributed by atoms with Gasteiger partial charge in [-0.05, 0) is 31.6 Å². The molecule has 2 fully saturated rings. The quantitative estimate of drug-likeness (QED) is 0.229. The van der Waals surface area contributed by atoms with Gasteiger partial charge in [-0.25, -0.2) is 4.39 Å². The molecule has 30 heavy (non-hydrogen) atoms. The highest BCUT2D eigenvalue weighted by Crippen LogP contribution is 2.35. The van der Waals surface area contributed by atoms with E-state index in [-0.39, 0.29) is 18.3 Å². The molecule has 6 unspecified atom stereocenters. The summed E-state index contributed by atoms with van der Waals surface area (Å²) < 4.78 is 19.0. The number of carbonyl (C=O) groups excluding carboxylic acids is 1. The van der Waals surface area contributed by atoms with Crippen LogP contribution in [0.5, 0.6) is 0 Å². The third kappa shape index (κ3) is 8.02. The van der Waals surface area contributed by atoms with Crippen molar-refractivity contribution in [3.05, 3.63) is 12.2 Å². The van der Waals surface area contributed by atoms with Crippen LogP contribution in [-0.2, 0) is 9.53 Å². The molecule has 0 saturated heterocycles. The zero-order valence-corrected chi connectivity index (χ0v) is 18.0. The van der Waals surface area contributed by atoms with E-state index in [2.05, 4.69) is 16.6 Å². The van der Waals surface area contributed by atoms with Crippen LogP contribution in [-0.4, -0.2) is 52.9 Å². The lowest BCUT2D eigenvalue weighted by molar-refractivity contribution is -0.140. The van der Waals surface area contributed by atoms with Gasteiger partial charge in [0.15, 0.2) is 0 Å². The molecule has 0 amide bonds. The Labute approximate surface area is 179 Å². The van der Waals surface area contributed by atoms with Gasteiger partial charge in [0.05, 0.1) is 25.2 Å². The first kappa shape index (κ1) is 24.8. The monoisotopic (exact) mass is 424 g/mol. The lowest BCUT2D eigenvalue weighted by Gasteiger charge is -2.24. The summed E-state index contributed by atoms with van der Waals surface area (Å²) in [5.41, 5.74) is 0. The SMILES string of the molecule is COC(=O)CCCC=CCC1C(O)CC(O)C1C#CC(O)C(F)CC1CCCCC1. The Morgan fingerprint density at radius 1 is 1.20 bits per heavy atom. The molecule has 0 bridgehead atoms. The molecular formula is C24H37FO5. The first-order valence-corrected chi connectivity index (χ1v) is 11.3. The lowest BCUT2D eigenvalue weighted by atomic mass is 9.85. The van der Waals surface area contributed by atoms with Crippen molar-refractivity contribution in [3.63, 3.8) is 0 Å². The average Bonchev–Trinajstić information content (AvgIpc) is 3.01. The molecule has 0 aromatic rings. The van der Waals surface area contributed by atoms with Crippen LogP contribution in [0.25, 0.3) is 0 Å². The summed E-state index contributed by atoms with van der Waals surface area (Å²) in [6, 6.07) is 0. The van der Waals surface area contributed by atoms with Crippen molar-refractivity contribution in [1.82, 2.24) is 0 Å². The third-order valence-corrected chi connectivity index (χ3v) is 6.43. The molecule has 0 aliphatic heterocycles. The second kappa shape index (κ2) is 13.1. The van der Waals surface area contributed by atoms with Gasteiger partial charge in [0.25, 0.3) is 0 Å². The van der Waals surface area contributed by atoms with E-state index >= 15 is 0 Å². The fourth-order valence-electron chi connectivity index (χ4n) is 4.58. The molecule has 6 heteroatoms. The molecule has 3 N–H and O–H groups in total. The first-order chi connectivity index (χ1) is 14.4. The highest BCUT2D eigenvalue weighted by Gasteiger charge is 2.40. The number of unbranched alkanes of at least 4 members (excludes halogenated alkanes) is 1. The predicted molar refractivity (Wildman–Crippen MR) is 113 cm³/mol. The molecule has 6 atom stereocenters. The molecule has 0 radical (unpaired) electrons. The summed E-state index contributed by atoms with van der Waals surface area (Å²) in [4.78, 5) is 11.1. The molecule has 2 rings (SSSR count). The van der Waals surface area contributed by atoms with Gasteiger partial charge >= 0.3 is 5.97 Å². The maximum atomic E-state index is 14.4. The Balaban J connectivity index is 1.84. The van der Waals surface area contributed by atoms with Crippen LogP contribution in [0.1, 0.15) is 70.6 Å². The summed E-state index contributed by atoms with van der Waals surface area (Å²) in [6.07, 6.45) is 8.05. The highest BCUT2D eigenvalue weighted by molar-refractivity contribution is 5.69. The molecule has 2 saturated carbocycles. The molecule has 0 heterocycles. The van der Waals surface area contributed by atoms with Gasteiger partial charge in [-0.15, -0.1) is 0 Å². The molecule has 2 aliphatic rings. The number of carbonyl (C=O) groups is 1.